The van der Waals surface area contributed by atoms with Crippen molar-refractivity contribution in [1.29, 1.82) is 0 Å². The van der Waals surface area contributed by atoms with Crippen LogP contribution in [0.15, 0.2) is 41.8 Å². The first-order chi connectivity index (χ1) is 13.0. The van der Waals surface area contributed by atoms with Crippen LogP contribution >= 0.6 is 11.3 Å². The fraction of sp³-hybridized carbons (Fsp3) is 0.429. The number of hydrogen-bond acceptors (Lipinski definition) is 4. The zero-order valence-corrected chi connectivity index (χ0v) is 16.5. The molecule has 1 aromatic carbocycles. The fourth-order valence-corrected chi connectivity index (χ4v) is 4.11. The van der Waals surface area contributed by atoms with Crippen LogP contribution in [0, 0.1) is 11.8 Å². The van der Waals surface area contributed by atoms with Crippen LogP contribution in [0.2, 0.25) is 0 Å². The molecule has 0 spiro atoms. The van der Waals surface area contributed by atoms with Gasteiger partial charge in [-0.25, -0.2) is 0 Å². The molecule has 0 bridgehead atoms. The van der Waals surface area contributed by atoms with Crippen LogP contribution in [-0.4, -0.2) is 34.9 Å². The van der Waals surface area contributed by atoms with Crippen LogP contribution in [0.5, 0.6) is 0 Å². The van der Waals surface area contributed by atoms with E-state index < -0.39 is 6.10 Å². The Balaban J connectivity index is 1.60. The number of aliphatic hydroxyl groups is 1. The molecule has 27 heavy (non-hydrogen) atoms. The first-order valence-corrected chi connectivity index (χ1v) is 10.3. The van der Waals surface area contributed by atoms with Crippen LogP contribution in [0.4, 0.5) is 5.69 Å². The first-order valence-electron chi connectivity index (χ1n) is 9.37. The molecular formula is C21H26N2O3S. The monoisotopic (exact) mass is 386 g/mol. The second kappa shape index (κ2) is 8.67. The van der Waals surface area contributed by atoms with Crippen molar-refractivity contribution in [2.45, 2.75) is 32.8 Å². The molecule has 1 aliphatic heterocycles. The molecule has 0 radical (unpaired) electrons. The summed E-state index contributed by atoms with van der Waals surface area (Å²) in [6.07, 6.45) is 1.13. The number of likely N-dealkylation sites (tertiary alicyclic amines) is 1. The van der Waals surface area contributed by atoms with Crippen LogP contribution in [0.3, 0.4) is 0 Å². The summed E-state index contributed by atoms with van der Waals surface area (Å²) in [7, 11) is 0. The minimum Gasteiger partial charge on any atom is -0.387 e. The van der Waals surface area contributed by atoms with Gasteiger partial charge in [-0.1, -0.05) is 26.0 Å². The van der Waals surface area contributed by atoms with E-state index in [1.807, 2.05) is 36.3 Å². The Morgan fingerprint density at radius 1 is 1.19 bits per heavy atom. The van der Waals surface area contributed by atoms with E-state index in [-0.39, 0.29) is 23.7 Å². The molecule has 6 heteroatoms. The van der Waals surface area contributed by atoms with E-state index in [4.69, 9.17) is 0 Å². The molecule has 2 aromatic rings. The average Bonchev–Trinajstić information content (AvgIpc) is 3.22. The third-order valence-electron chi connectivity index (χ3n) is 5.01. The van der Waals surface area contributed by atoms with E-state index in [9.17, 15) is 14.7 Å². The van der Waals surface area contributed by atoms with E-state index in [2.05, 4.69) is 5.32 Å². The summed E-state index contributed by atoms with van der Waals surface area (Å²) in [6.45, 7) is 4.93. The summed E-state index contributed by atoms with van der Waals surface area (Å²) in [4.78, 5) is 27.5. The molecule has 1 aliphatic rings. The molecule has 2 N–H and O–H groups in total. The van der Waals surface area contributed by atoms with Crippen molar-refractivity contribution in [3.8, 4) is 0 Å². The van der Waals surface area contributed by atoms with Gasteiger partial charge in [0.05, 0.1) is 6.10 Å². The standard InChI is InChI=1S/C21H26N2O3S/c1-14(2)20(25)22-17-6-3-5-16(13-17)21(26)23-10-8-15(9-11-23)19(24)18-7-4-12-27-18/h3-7,12-15,19,24H,8-11H2,1-2H3,(H,22,25). The summed E-state index contributed by atoms with van der Waals surface area (Å²) in [5.41, 5.74) is 1.22. The van der Waals surface area contributed by atoms with E-state index in [1.165, 1.54) is 0 Å². The molecule has 2 heterocycles. The van der Waals surface area contributed by atoms with Crippen LogP contribution in [-0.2, 0) is 4.79 Å². The molecule has 1 aromatic heterocycles. The van der Waals surface area contributed by atoms with E-state index in [0.29, 0.717) is 24.3 Å². The quantitative estimate of drug-likeness (QED) is 0.818. The molecule has 0 saturated carbocycles. The van der Waals surface area contributed by atoms with Gasteiger partial charge in [0.1, 0.15) is 0 Å². The summed E-state index contributed by atoms with van der Waals surface area (Å²) < 4.78 is 0. The zero-order chi connectivity index (χ0) is 19.4. The number of benzene rings is 1. The summed E-state index contributed by atoms with van der Waals surface area (Å²) >= 11 is 1.57. The molecule has 2 amide bonds. The molecule has 1 atom stereocenters. The minimum atomic E-state index is -0.447. The van der Waals surface area contributed by atoms with Gasteiger partial charge in [-0.15, -0.1) is 11.3 Å². The number of thiophene rings is 1. The normalized spacial score (nSPS) is 16.4. The highest BCUT2D eigenvalue weighted by Crippen LogP contribution is 2.33. The second-order valence-electron chi connectivity index (χ2n) is 7.31. The Kier molecular flexibility index (Phi) is 6.29. The van der Waals surface area contributed by atoms with Crippen LogP contribution in [0.1, 0.15) is 48.0 Å². The van der Waals surface area contributed by atoms with Gasteiger partial charge in [-0.2, -0.15) is 0 Å². The number of amides is 2. The topological polar surface area (TPSA) is 69.6 Å². The molecule has 0 aliphatic carbocycles. The van der Waals surface area contributed by atoms with Gasteiger partial charge in [0.2, 0.25) is 5.91 Å². The molecule has 1 unspecified atom stereocenters. The lowest BCUT2D eigenvalue weighted by atomic mass is 9.90. The lowest BCUT2D eigenvalue weighted by Crippen LogP contribution is -2.39. The van der Waals surface area contributed by atoms with Gasteiger partial charge in [0.25, 0.3) is 5.91 Å². The van der Waals surface area contributed by atoms with Crippen molar-refractivity contribution in [1.82, 2.24) is 4.90 Å². The average molecular weight is 387 g/mol. The maximum Gasteiger partial charge on any atom is 0.253 e. The number of carbonyl (C=O) groups is 2. The summed E-state index contributed by atoms with van der Waals surface area (Å²) in [5.74, 6) is -0.0230. The van der Waals surface area contributed by atoms with Crippen molar-refractivity contribution in [3.05, 3.63) is 52.2 Å². The van der Waals surface area contributed by atoms with Gasteiger partial charge in [0.15, 0.2) is 0 Å². The Morgan fingerprint density at radius 2 is 1.93 bits per heavy atom. The van der Waals surface area contributed by atoms with E-state index in [1.54, 1.807) is 35.6 Å². The molecular weight excluding hydrogens is 360 g/mol. The second-order valence-corrected chi connectivity index (χ2v) is 8.29. The van der Waals surface area contributed by atoms with Gasteiger partial charge in [0, 0.05) is 35.1 Å². The SMILES string of the molecule is CC(C)C(=O)Nc1cccc(C(=O)N2CCC(C(O)c3cccs3)CC2)c1. The summed E-state index contributed by atoms with van der Waals surface area (Å²) in [6, 6.07) is 11.0. The summed E-state index contributed by atoms with van der Waals surface area (Å²) in [5, 5.41) is 15.3. The lowest BCUT2D eigenvalue weighted by molar-refractivity contribution is -0.118. The number of rotatable bonds is 5. The Labute approximate surface area is 164 Å². The van der Waals surface area contributed by atoms with Gasteiger partial charge >= 0.3 is 0 Å². The zero-order valence-electron chi connectivity index (χ0n) is 15.7. The molecule has 1 fully saturated rings. The fourth-order valence-electron chi connectivity index (χ4n) is 3.31. The first kappa shape index (κ1) is 19.6. The third-order valence-corrected chi connectivity index (χ3v) is 5.95. The Bertz CT molecular complexity index is 780. The number of anilines is 1. The molecule has 144 valence electrons. The smallest absolute Gasteiger partial charge is 0.253 e. The number of hydrogen-bond donors (Lipinski definition) is 2. The minimum absolute atomic E-state index is 0.0280. The van der Waals surface area contributed by atoms with Crippen LogP contribution in [0.25, 0.3) is 0 Å². The number of carbonyl (C=O) groups excluding carboxylic acids is 2. The van der Waals surface area contributed by atoms with Crippen molar-refractivity contribution in [2.24, 2.45) is 11.8 Å². The van der Waals surface area contributed by atoms with Gasteiger partial charge < -0.3 is 15.3 Å². The maximum absolute atomic E-state index is 12.8. The highest BCUT2D eigenvalue weighted by Gasteiger charge is 2.29. The third kappa shape index (κ3) is 4.76. The molecule has 1 saturated heterocycles. The number of aliphatic hydroxyl groups excluding tert-OH is 1. The molecule has 3 rings (SSSR count). The molecule has 5 nitrogen and oxygen atoms in total. The maximum atomic E-state index is 12.8. The predicted molar refractivity (Wildman–Crippen MR) is 108 cm³/mol. The van der Waals surface area contributed by atoms with Crippen molar-refractivity contribution >= 4 is 28.8 Å². The van der Waals surface area contributed by atoms with E-state index in [0.717, 1.165) is 17.7 Å². The predicted octanol–water partition coefficient (Wildman–Crippen LogP) is 3.93. The Hall–Kier alpha value is -2.18. The van der Waals surface area contributed by atoms with Gasteiger partial charge in [-0.3, -0.25) is 9.59 Å². The highest BCUT2D eigenvalue weighted by atomic mass is 32.1. The van der Waals surface area contributed by atoms with Crippen molar-refractivity contribution in [2.75, 3.05) is 18.4 Å². The van der Waals surface area contributed by atoms with Crippen molar-refractivity contribution < 1.29 is 14.7 Å². The lowest BCUT2D eigenvalue weighted by Gasteiger charge is -2.34. The van der Waals surface area contributed by atoms with E-state index >= 15 is 0 Å². The number of piperidine rings is 1. The van der Waals surface area contributed by atoms with Crippen molar-refractivity contribution in [3.63, 3.8) is 0 Å². The largest absolute Gasteiger partial charge is 0.387 e. The Morgan fingerprint density at radius 3 is 2.56 bits per heavy atom. The number of nitrogens with zero attached hydrogens (tertiary/aromatic N) is 1. The number of nitrogens with one attached hydrogen (secondary N) is 1. The van der Waals surface area contributed by atoms with Crippen LogP contribution < -0.4 is 5.32 Å². The highest BCUT2D eigenvalue weighted by molar-refractivity contribution is 7.10. The van der Waals surface area contributed by atoms with Gasteiger partial charge in [-0.05, 0) is 48.4 Å².